The van der Waals surface area contributed by atoms with Gasteiger partial charge in [-0.1, -0.05) is 44.7 Å². The molecule has 0 amide bonds. The lowest BCUT2D eigenvalue weighted by atomic mass is 10.1. The Morgan fingerprint density at radius 2 is 1.43 bits per heavy atom. The first kappa shape index (κ1) is 25.3. The van der Waals surface area contributed by atoms with E-state index in [-0.39, 0.29) is 11.9 Å². The highest BCUT2D eigenvalue weighted by Gasteiger charge is 2.04. The first-order chi connectivity index (χ1) is 14.5. The van der Waals surface area contributed by atoms with E-state index < -0.39 is 0 Å². The fourth-order valence-electron chi connectivity index (χ4n) is 2.72. The monoisotopic (exact) mass is 418 g/mol. The van der Waals surface area contributed by atoms with E-state index in [2.05, 4.69) is 6.58 Å². The lowest BCUT2D eigenvalue weighted by molar-refractivity contribution is -0.139. The van der Waals surface area contributed by atoms with Gasteiger partial charge in [0.05, 0.1) is 27.4 Å². The molecule has 0 heterocycles. The molecule has 0 saturated heterocycles. The predicted molar refractivity (Wildman–Crippen MR) is 118 cm³/mol. The summed E-state index contributed by atoms with van der Waals surface area (Å²) in [6.45, 7) is 6.07. The van der Waals surface area contributed by atoms with Crippen molar-refractivity contribution in [1.82, 2.24) is 0 Å². The van der Waals surface area contributed by atoms with E-state index in [0.29, 0.717) is 30.3 Å². The summed E-state index contributed by atoms with van der Waals surface area (Å²) in [7, 11) is 3.15. The third kappa shape index (κ3) is 10.7. The number of ether oxygens (including phenoxy) is 4. The molecule has 0 fully saturated rings. The van der Waals surface area contributed by atoms with Gasteiger partial charge in [0.15, 0.2) is 11.5 Å². The van der Waals surface area contributed by atoms with Crippen molar-refractivity contribution in [3.63, 3.8) is 0 Å². The molecule has 166 valence electrons. The van der Waals surface area contributed by atoms with Crippen LogP contribution in [0.25, 0.3) is 6.08 Å². The molecule has 30 heavy (non-hydrogen) atoms. The molecular formula is C24H34O6. The standard InChI is InChI=1S/C24H34O6/c1-19(2)24(26)30-17-11-9-7-5-6-8-10-16-29-23(25)15-13-20-12-14-21(27-3)22(18-20)28-4/h12-15,18H,1,5-11,16-17H2,2-4H3/b15-13+. The van der Waals surface area contributed by atoms with Gasteiger partial charge in [-0.2, -0.15) is 0 Å². The second kappa shape index (κ2) is 15.1. The van der Waals surface area contributed by atoms with E-state index >= 15 is 0 Å². The van der Waals surface area contributed by atoms with Crippen LogP contribution in [0.4, 0.5) is 0 Å². The minimum absolute atomic E-state index is 0.317. The van der Waals surface area contributed by atoms with Crippen molar-refractivity contribution in [3.8, 4) is 11.5 Å². The minimum Gasteiger partial charge on any atom is -0.493 e. The predicted octanol–water partition coefficient (Wildman–Crippen LogP) is 5.11. The van der Waals surface area contributed by atoms with Gasteiger partial charge >= 0.3 is 11.9 Å². The van der Waals surface area contributed by atoms with E-state index in [1.807, 2.05) is 6.07 Å². The molecule has 0 atom stereocenters. The maximum absolute atomic E-state index is 11.8. The number of hydrogen-bond acceptors (Lipinski definition) is 6. The zero-order chi connectivity index (χ0) is 22.2. The Balaban J connectivity index is 2.06. The number of carbonyl (C=O) groups excluding carboxylic acids is 2. The van der Waals surface area contributed by atoms with Gasteiger partial charge in [0.2, 0.25) is 0 Å². The topological polar surface area (TPSA) is 71.1 Å². The Hall–Kier alpha value is -2.76. The molecule has 0 aliphatic heterocycles. The lowest BCUT2D eigenvalue weighted by Gasteiger charge is -2.07. The Bertz CT molecular complexity index is 708. The average molecular weight is 419 g/mol. The van der Waals surface area contributed by atoms with Gasteiger partial charge in [-0.3, -0.25) is 0 Å². The van der Waals surface area contributed by atoms with Crippen molar-refractivity contribution in [2.24, 2.45) is 0 Å². The molecule has 0 unspecified atom stereocenters. The van der Waals surface area contributed by atoms with Crippen molar-refractivity contribution >= 4 is 18.0 Å². The smallest absolute Gasteiger partial charge is 0.333 e. The molecule has 0 radical (unpaired) electrons. The Morgan fingerprint density at radius 1 is 0.867 bits per heavy atom. The molecule has 6 nitrogen and oxygen atoms in total. The van der Waals surface area contributed by atoms with Gasteiger partial charge < -0.3 is 18.9 Å². The maximum Gasteiger partial charge on any atom is 0.333 e. The van der Waals surface area contributed by atoms with Crippen LogP contribution in [0.2, 0.25) is 0 Å². The van der Waals surface area contributed by atoms with Crippen molar-refractivity contribution in [2.45, 2.75) is 51.9 Å². The summed E-state index contributed by atoms with van der Waals surface area (Å²) in [6.07, 6.45) is 10.2. The van der Waals surface area contributed by atoms with Gasteiger partial charge in [-0.25, -0.2) is 9.59 Å². The molecule has 0 bridgehead atoms. The zero-order valence-electron chi connectivity index (χ0n) is 18.4. The summed E-state index contributed by atoms with van der Waals surface area (Å²) in [5.74, 6) is 0.585. The van der Waals surface area contributed by atoms with Crippen LogP contribution < -0.4 is 9.47 Å². The summed E-state index contributed by atoms with van der Waals surface area (Å²) >= 11 is 0. The Kier molecular flexibility index (Phi) is 12.7. The normalized spacial score (nSPS) is 10.6. The molecule has 1 aromatic rings. The highest BCUT2D eigenvalue weighted by atomic mass is 16.5. The van der Waals surface area contributed by atoms with Gasteiger partial charge in [0.1, 0.15) is 0 Å². The second-order valence-electron chi connectivity index (χ2n) is 7.01. The number of carbonyl (C=O) groups is 2. The second-order valence-corrected chi connectivity index (χ2v) is 7.01. The number of methoxy groups -OCH3 is 2. The minimum atomic E-state index is -0.353. The number of rotatable bonds is 15. The summed E-state index contributed by atoms with van der Waals surface area (Å²) in [5, 5.41) is 0. The summed E-state index contributed by atoms with van der Waals surface area (Å²) in [6, 6.07) is 5.43. The van der Waals surface area contributed by atoms with E-state index in [4.69, 9.17) is 18.9 Å². The van der Waals surface area contributed by atoms with Crippen LogP contribution in [0.5, 0.6) is 11.5 Å². The molecule has 0 saturated carbocycles. The number of benzene rings is 1. The van der Waals surface area contributed by atoms with Crippen LogP contribution in [0.15, 0.2) is 36.4 Å². The van der Waals surface area contributed by atoms with E-state index in [0.717, 1.165) is 50.5 Å². The van der Waals surface area contributed by atoms with Crippen molar-refractivity contribution < 1.29 is 28.5 Å². The fraction of sp³-hybridized carbons (Fsp3) is 0.500. The Morgan fingerprint density at radius 3 is 2.00 bits per heavy atom. The molecule has 0 aliphatic rings. The molecule has 0 spiro atoms. The van der Waals surface area contributed by atoms with Crippen LogP contribution in [0, 0.1) is 0 Å². The van der Waals surface area contributed by atoms with Gasteiger partial charge in [-0.05, 0) is 43.5 Å². The van der Waals surface area contributed by atoms with Gasteiger partial charge in [0, 0.05) is 11.6 Å². The van der Waals surface area contributed by atoms with E-state index in [1.54, 1.807) is 39.4 Å². The molecule has 6 heteroatoms. The molecular weight excluding hydrogens is 384 g/mol. The zero-order valence-corrected chi connectivity index (χ0v) is 18.4. The van der Waals surface area contributed by atoms with Crippen LogP contribution in [0.1, 0.15) is 57.4 Å². The van der Waals surface area contributed by atoms with Gasteiger partial charge in [-0.15, -0.1) is 0 Å². The summed E-state index contributed by atoms with van der Waals surface area (Å²) in [4.78, 5) is 23.0. The largest absolute Gasteiger partial charge is 0.493 e. The SMILES string of the molecule is C=C(C)C(=O)OCCCCCCCCCOC(=O)/C=C/c1ccc(OC)c(OC)c1. The highest BCUT2D eigenvalue weighted by molar-refractivity contribution is 5.87. The number of unbranched alkanes of at least 4 members (excludes halogenated alkanes) is 6. The summed E-state index contributed by atoms with van der Waals surface area (Å²) in [5.41, 5.74) is 1.27. The molecule has 0 aromatic heterocycles. The van der Waals surface area contributed by atoms with Crippen molar-refractivity contribution in [3.05, 3.63) is 42.0 Å². The molecule has 0 aliphatic carbocycles. The van der Waals surface area contributed by atoms with Crippen LogP contribution in [0.3, 0.4) is 0 Å². The first-order valence-electron chi connectivity index (χ1n) is 10.4. The fourth-order valence-corrected chi connectivity index (χ4v) is 2.72. The number of hydrogen-bond donors (Lipinski definition) is 0. The molecule has 1 aromatic carbocycles. The molecule has 1 rings (SSSR count). The van der Waals surface area contributed by atoms with Crippen LogP contribution in [-0.2, 0) is 19.1 Å². The molecule has 0 N–H and O–H groups in total. The average Bonchev–Trinajstić information content (AvgIpc) is 2.75. The lowest BCUT2D eigenvalue weighted by Crippen LogP contribution is -2.06. The van der Waals surface area contributed by atoms with Crippen molar-refractivity contribution in [1.29, 1.82) is 0 Å². The quantitative estimate of drug-likeness (QED) is 0.224. The van der Waals surface area contributed by atoms with Crippen LogP contribution >= 0.6 is 0 Å². The maximum atomic E-state index is 11.8. The third-order valence-corrected chi connectivity index (χ3v) is 4.43. The van der Waals surface area contributed by atoms with Crippen molar-refractivity contribution in [2.75, 3.05) is 27.4 Å². The van der Waals surface area contributed by atoms with E-state index in [1.165, 1.54) is 6.08 Å². The summed E-state index contributed by atoms with van der Waals surface area (Å²) < 4.78 is 20.7. The first-order valence-corrected chi connectivity index (χ1v) is 10.4. The highest BCUT2D eigenvalue weighted by Crippen LogP contribution is 2.27. The van der Waals surface area contributed by atoms with E-state index in [9.17, 15) is 9.59 Å². The Labute approximate surface area is 179 Å². The van der Waals surface area contributed by atoms with Crippen LogP contribution in [-0.4, -0.2) is 39.4 Å². The number of esters is 2. The van der Waals surface area contributed by atoms with Gasteiger partial charge in [0.25, 0.3) is 0 Å². The third-order valence-electron chi connectivity index (χ3n) is 4.43.